The average Bonchev–Trinajstić information content (AvgIpc) is 2.28. The number of hydrogen-bond acceptors (Lipinski definition) is 1. The van der Waals surface area contributed by atoms with Crippen LogP contribution >= 0.6 is 0 Å². The number of likely N-dealkylation sites (N-methyl/N-ethyl adjacent to an activating group) is 1. The molecule has 0 aromatic rings. The number of nitrogens with zero attached hydrogens (tertiary/aromatic N) is 1. The number of amides is 1. The second-order valence-electron chi connectivity index (χ2n) is 5.40. The van der Waals surface area contributed by atoms with E-state index < -0.39 is 0 Å². The monoisotopic (exact) mass is 251 g/mol. The van der Waals surface area contributed by atoms with Gasteiger partial charge in [-0.2, -0.15) is 0 Å². The van der Waals surface area contributed by atoms with E-state index in [0.29, 0.717) is 0 Å². The topological polar surface area (TPSA) is 20.3 Å². The molecule has 1 amide bonds. The lowest BCUT2D eigenvalue weighted by Gasteiger charge is -2.21. The maximum absolute atomic E-state index is 11.9. The normalized spacial score (nSPS) is 11.6. The van der Waals surface area contributed by atoms with Gasteiger partial charge < -0.3 is 4.90 Å². The van der Waals surface area contributed by atoms with Crippen molar-refractivity contribution in [2.24, 2.45) is 5.92 Å². The first kappa shape index (κ1) is 16.9. The fourth-order valence-corrected chi connectivity index (χ4v) is 1.70. The molecule has 0 saturated carbocycles. The highest BCUT2D eigenvalue weighted by atomic mass is 16.2. The van der Waals surface area contributed by atoms with Gasteiger partial charge in [0.15, 0.2) is 0 Å². The quantitative estimate of drug-likeness (QED) is 0.621. The highest BCUT2D eigenvalue weighted by Gasteiger charge is 2.13. The van der Waals surface area contributed by atoms with Gasteiger partial charge >= 0.3 is 0 Å². The van der Waals surface area contributed by atoms with Crippen LogP contribution in [-0.4, -0.2) is 23.9 Å². The summed E-state index contributed by atoms with van der Waals surface area (Å²) in [7, 11) is 0. The van der Waals surface area contributed by atoms with Crippen LogP contribution in [0.15, 0.2) is 23.3 Å². The van der Waals surface area contributed by atoms with E-state index in [0.717, 1.165) is 25.9 Å². The smallest absolute Gasteiger partial charge is 0.225 e. The minimum Gasteiger partial charge on any atom is -0.339 e. The zero-order valence-corrected chi connectivity index (χ0v) is 12.9. The molecule has 0 atom stereocenters. The zero-order valence-electron chi connectivity index (χ0n) is 12.9. The number of carbonyl (C=O) groups is 1. The first-order valence-corrected chi connectivity index (χ1v) is 6.96. The van der Waals surface area contributed by atoms with Gasteiger partial charge in [0.05, 0.1) is 0 Å². The van der Waals surface area contributed by atoms with E-state index >= 15 is 0 Å². The Kier molecular flexibility index (Phi) is 8.43. The fraction of sp³-hybridized carbons (Fsp3) is 0.688. The Morgan fingerprint density at radius 2 is 1.78 bits per heavy atom. The molecule has 104 valence electrons. The molecule has 0 bridgehead atoms. The van der Waals surface area contributed by atoms with E-state index in [1.54, 1.807) is 0 Å². The van der Waals surface area contributed by atoms with E-state index in [1.807, 2.05) is 25.7 Å². The molecule has 0 aromatic heterocycles. The van der Waals surface area contributed by atoms with Crippen LogP contribution in [0.3, 0.4) is 0 Å². The van der Waals surface area contributed by atoms with Gasteiger partial charge in [0, 0.05) is 19.0 Å². The molecule has 0 aromatic carbocycles. The van der Waals surface area contributed by atoms with Gasteiger partial charge in [-0.3, -0.25) is 4.79 Å². The van der Waals surface area contributed by atoms with Crippen molar-refractivity contribution in [1.29, 1.82) is 0 Å². The van der Waals surface area contributed by atoms with E-state index in [4.69, 9.17) is 0 Å². The van der Waals surface area contributed by atoms with E-state index in [2.05, 4.69) is 32.9 Å². The SMILES string of the molecule is CCN(CC=C(C)CCC=C(C)C)C(=O)C(C)C. The highest BCUT2D eigenvalue weighted by Crippen LogP contribution is 2.08. The summed E-state index contributed by atoms with van der Waals surface area (Å²) in [4.78, 5) is 13.8. The van der Waals surface area contributed by atoms with Gasteiger partial charge in [0.1, 0.15) is 0 Å². The largest absolute Gasteiger partial charge is 0.339 e. The Labute approximate surface area is 113 Å². The molecule has 0 spiro atoms. The van der Waals surface area contributed by atoms with E-state index in [1.165, 1.54) is 11.1 Å². The van der Waals surface area contributed by atoms with Gasteiger partial charge in [0.2, 0.25) is 5.91 Å². The molecule has 0 heterocycles. The molecule has 0 aliphatic heterocycles. The minimum absolute atomic E-state index is 0.0873. The summed E-state index contributed by atoms with van der Waals surface area (Å²) in [5.74, 6) is 0.329. The summed E-state index contributed by atoms with van der Waals surface area (Å²) in [6, 6.07) is 0. The minimum atomic E-state index is 0.0873. The molecule has 0 aliphatic rings. The molecule has 0 fully saturated rings. The van der Waals surface area contributed by atoms with Crippen molar-refractivity contribution < 1.29 is 4.79 Å². The Morgan fingerprint density at radius 1 is 1.17 bits per heavy atom. The van der Waals surface area contributed by atoms with E-state index in [9.17, 15) is 4.79 Å². The molecule has 18 heavy (non-hydrogen) atoms. The van der Waals surface area contributed by atoms with Crippen LogP contribution in [-0.2, 0) is 4.79 Å². The van der Waals surface area contributed by atoms with Crippen LogP contribution in [0.25, 0.3) is 0 Å². The third-order valence-corrected chi connectivity index (χ3v) is 2.94. The van der Waals surface area contributed by atoms with Crippen LogP contribution in [0.2, 0.25) is 0 Å². The molecule has 0 N–H and O–H groups in total. The van der Waals surface area contributed by atoms with Crippen LogP contribution in [0.5, 0.6) is 0 Å². The van der Waals surface area contributed by atoms with Crippen LogP contribution in [0, 0.1) is 5.92 Å². The predicted octanol–water partition coefficient (Wildman–Crippen LogP) is 4.18. The maximum Gasteiger partial charge on any atom is 0.225 e. The summed E-state index contributed by atoms with van der Waals surface area (Å²) in [6.45, 7) is 13.9. The van der Waals surface area contributed by atoms with E-state index in [-0.39, 0.29) is 11.8 Å². The Balaban J connectivity index is 4.24. The summed E-state index contributed by atoms with van der Waals surface area (Å²) in [5, 5.41) is 0. The molecule has 0 rings (SSSR count). The lowest BCUT2D eigenvalue weighted by molar-refractivity contribution is -0.133. The van der Waals surface area contributed by atoms with Crippen LogP contribution in [0.4, 0.5) is 0 Å². The van der Waals surface area contributed by atoms with Gasteiger partial charge in [-0.15, -0.1) is 0 Å². The van der Waals surface area contributed by atoms with Crippen LogP contribution < -0.4 is 0 Å². The third kappa shape index (κ3) is 7.31. The predicted molar refractivity (Wildman–Crippen MR) is 79.5 cm³/mol. The lowest BCUT2D eigenvalue weighted by Crippen LogP contribution is -2.34. The second-order valence-corrected chi connectivity index (χ2v) is 5.40. The Hall–Kier alpha value is -1.05. The van der Waals surface area contributed by atoms with Gasteiger partial charge in [-0.25, -0.2) is 0 Å². The summed E-state index contributed by atoms with van der Waals surface area (Å²) < 4.78 is 0. The third-order valence-electron chi connectivity index (χ3n) is 2.94. The molecular weight excluding hydrogens is 222 g/mol. The molecular formula is C16H29NO. The Morgan fingerprint density at radius 3 is 2.22 bits per heavy atom. The highest BCUT2D eigenvalue weighted by molar-refractivity contribution is 5.78. The van der Waals surface area contributed by atoms with Crippen molar-refractivity contribution in [3.05, 3.63) is 23.3 Å². The zero-order chi connectivity index (χ0) is 14.1. The number of rotatable bonds is 7. The van der Waals surface area contributed by atoms with Gasteiger partial charge in [-0.1, -0.05) is 37.1 Å². The van der Waals surface area contributed by atoms with Gasteiger partial charge in [-0.05, 0) is 40.5 Å². The second kappa shape index (κ2) is 8.96. The molecule has 0 aliphatic carbocycles. The first-order valence-electron chi connectivity index (χ1n) is 6.96. The number of allylic oxidation sites excluding steroid dienone is 3. The van der Waals surface area contributed by atoms with Crippen molar-refractivity contribution in [3.63, 3.8) is 0 Å². The molecule has 2 heteroatoms. The summed E-state index contributed by atoms with van der Waals surface area (Å²) in [6.07, 6.45) is 6.62. The summed E-state index contributed by atoms with van der Waals surface area (Å²) >= 11 is 0. The van der Waals surface area contributed by atoms with Crippen molar-refractivity contribution >= 4 is 5.91 Å². The summed E-state index contributed by atoms with van der Waals surface area (Å²) in [5.41, 5.74) is 2.73. The number of carbonyl (C=O) groups excluding carboxylic acids is 1. The van der Waals surface area contributed by atoms with Crippen molar-refractivity contribution in [3.8, 4) is 0 Å². The van der Waals surface area contributed by atoms with Crippen LogP contribution in [0.1, 0.15) is 54.4 Å². The Bertz CT molecular complexity index is 309. The fourth-order valence-electron chi connectivity index (χ4n) is 1.70. The van der Waals surface area contributed by atoms with Crippen molar-refractivity contribution in [2.75, 3.05) is 13.1 Å². The first-order chi connectivity index (χ1) is 8.38. The molecule has 0 unspecified atom stereocenters. The standard InChI is InChI=1S/C16H29NO/c1-7-17(16(18)14(4)5)12-11-15(6)10-8-9-13(2)3/h9,11,14H,7-8,10,12H2,1-6H3. The lowest BCUT2D eigenvalue weighted by atomic mass is 10.1. The molecule has 0 saturated heterocycles. The van der Waals surface area contributed by atoms with Crippen molar-refractivity contribution in [1.82, 2.24) is 4.90 Å². The van der Waals surface area contributed by atoms with Gasteiger partial charge in [0.25, 0.3) is 0 Å². The average molecular weight is 251 g/mol. The molecule has 0 radical (unpaired) electrons. The number of hydrogen-bond donors (Lipinski definition) is 0. The maximum atomic E-state index is 11.9. The van der Waals surface area contributed by atoms with Crippen molar-refractivity contribution in [2.45, 2.75) is 54.4 Å². The molecule has 2 nitrogen and oxygen atoms in total.